The molecule has 8 heteroatoms. The summed E-state index contributed by atoms with van der Waals surface area (Å²) >= 11 is 1.50. The number of ether oxygens (including phenoxy) is 1. The van der Waals surface area contributed by atoms with Gasteiger partial charge in [0.25, 0.3) is 0 Å². The summed E-state index contributed by atoms with van der Waals surface area (Å²) in [6.07, 6.45) is 0.0384. The highest BCUT2D eigenvalue weighted by Crippen LogP contribution is 2.26. The summed E-state index contributed by atoms with van der Waals surface area (Å²) in [4.78, 5) is 30.2. The topological polar surface area (TPSA) is 84.7 Å². The van der Waals surface area contributed by atoms with Crippen LogP contribution in [0.1, 0.15) is 17.9 Å². The number of amides is 1. The van der Waals surface area contributed by atoms with Crippen molar-refractivity contribution in [3.63, 3.8) is 0 Å². The summed E-state index contributed by atoms with van der Waals surface area (Å²) in [5.74, 6) is 1.04. The van der Waals surface area contributed by atoms with E-state index in [0.29, 0.717) is 19.6 Å². The molecule has 0 unspecified atom stereocenters. The van der Waals surface area contributed by atoms with Crippen molar-refractivity contribution >= 4 is 23.2 Å². The summed E-state index contributed by atoms with van der Waals surface area (Å²) in [5.41, 5.74) is 0.855. The van der Waals surface area contributed by atoms with E-state index in [1.54, 1.807) is 0 Å². The Hall–Kier alpha value is -2.19. The number of nitrogens with one attached hydrogen (secondary N) is 1. The average Bonchev–Trinajstić information content (AvgIpc) is 3.19. The number of thiazole rings is 1. The molecular weight excluding hydrogens is 330 g/mol. The van der Waals surface area contributed by atoms with E-state index in [4.69, 9.17) is 9.15 Å². The summed E-state index contributed by atoms with van der Waals surface area (Å²) in [6, 6.07) is 3.27. The first-order valence-corrected chi connectivity index (χ1v) is 8.54. The number of aromatic nitrogens is 1. The number of hydrogen-bond donors (Lipinski definition) is 1. The van der Waals surface area contributed by atoms with Gasteiger partial charge in [0, 0.05) is 25.0 Å². The van der Waals surface area contributed by atoms with Gasteiger partial charge in [-0.15, -0.1) is 11.3 Å². The van der Waals surface area contributed by atoms with Crippen molar-refractivity contribution in [2.75, 3.05) is 20.2 Å². The first kappa shape index (κ1) is 16.7. The first-order chi connectivity index (χ1) is 11.6. The lowest BCUT2D eigenvalue weighted by atomic mass is 10.1. The Morgan fingerprint density at radius 1 is 1.54 bits per heavy atom. The van der Waals surface area contributed by atoms with Crippen LogP contribution in [0.25, 0.3) is 10.8 Å². The predicted octanol–water partition coefficient (Wildman–Crippen LogP) is 1.58. The summed E-state index contributed by atoms with van der Waals surface area (Å²) < 4.78 is 10.3. The zero-order valence-corrected chi connectivity index (χ0v) is 14.4. The Labute approximate surface area is 143 Å². The fraction of sp³-hybridized carbons (Fsp3) is 0.438. The molecular formula is C16H19N3O4S. The van der Waals surface area contributed by atoms with E-state index in [2.05, 4.69) is 10.3 Å². The van der Waals surface area contributed by atoms with Gasteiger partial charge in [-0.3, -0.25) is 14.5 Å². The summed E-state index contributed by atoms with van der Waals surface area (Å²) in [5, 5.41) is 5.55. The SMILES string of the molecule is COC(=O)C[C@H]1C(=O)NCCN1Cc1csc(-c2ccc(C)o2)n1. The Morgan fingerprint density at radius 3 is 3.08 bits per heavy atom. The number of furan rings is 1. The standard InChI is InChI=1S/C16H19N3O4S/c1-10-3-4-13(23-10)16-18-11(9-24-16)8-19-6-5-17-15(21)12(19)7-14(20)22-2/h3-4,9,12H,5-8H2,1-2H3,(H,17,21)/t12-/m0/s1. The number of piperazine rings is 1. The molecule has 1 aliphatic heterocycles. The van der Waals surface area contributed by atoms with Gasteiger partial charge < -0.3 is 14.5 Å². The van der Waals surface area contributed by atoms with Crippen molar-refractivity contribution in [3.05, 3.63) is 29.0 Å². The van der Waals surface area contributed by atoms with E-state index < -0.39 is 12.0 Å². The smallest absolute Gasteiger partial charge is 0.307 e. The van der Waals surface area contributed by atoms with E-state index in [-0.39, 0.29) is 12.3 Å². The van der Waals surface area contributed by atoms with Crippen LogP contribution in [0, 0.1) is 6.92 Å². The minimum absolute atomic E-state index is 0.0384. The molecule has 0 radical (unpaired) electrons. The highest BCUT2D eigenvalue weighted by atomic mass is 32.1. The zero-order valence-electron chi connectivity index (χ0n) is 13.6. The number of rotatable bonds is 5. The minimum Gasteiger partial charge on any atom is -0.469 e. The first-order valence-electron chi connectivity index (χ1n) is 7.66. The Morgan fingerprint density at radius 2 is 2.38 bits per heavy atom. The maximum Gasteiger partial charge on any atom is 0.307 e. The van der Waals surface area contributed by atoms with Crippen molar-refractivity contribution in [1.29, 1.82) is 0 Å². The summed E-state index contributed by atoms with van der Waals surface area (Å²) in [6.45, 7) is 3.62. The zero-order chi connectivity index (χ0) is 17.1. The molecule has 0 spiro atoms. The van der Waals surface area contributed by atoms with E-state index in [9.17, 15) is 9.59 Å². The molecule has 7 nitrogen and oxygen atoms in total. The lowest BCUT2D eigenvalue weighted by Gasteiger charge is -2.33. The van der Waals surface area contributed by atoms with Gasteiger partial charge in [-0.2, -0.15) is 0 Å². The number of carbonyl (C=O) groups excluding carboxylic acids is 2. The van der Waals surface area contributed by atoms with Gasteiger partial charge >= 0.3 is 5.97 Å². The fourth-order valence-corrected chi connectivity index (χ4v) is 3.44. The molecule has 2 aromatic rings. The van der Waals surface area contributed by atoms with Gasteiger partial charge in [-0.1, -0.05) is 0 Å². The van der Waals surface area contributed by atoms with Crippen LogP contribution in [0.5, 0.6) is 0 Å². The van der Waals surface area contributed by atoms with Gasteiger partial charge in [0.05, 0.1) is 19.2 Å². The number of methoxy groups -OCH3 is 1. The monoisotopic (exact) mass is 349 g/mol. The fourth-order valence-electron chi connectivity index (χ4n) is 2.66. The van der Waals surface area contributed by atoms with Crippen LogP contribution < -0.4 is 5.32 Å². The second-order valence-corrected chi connectivity index (χ2v) is 6.47. The number of hydrogen-bond acceptors (Lipinski definition) is 7. The van der Waals surface area contributed by atoms with Crippen molar-refractivity contribution in [3.8, 4) is 10.8 Å². The predicted molar refractivity (Wildman–Crippen MR) is 88.4 cm³/mol. The van der Waals surface area contributed by atoms with Crippen molar-refractivity contribution in [2.24, 2.45) is 0 Å². The van der Waals surface area contributed by atoms with Gasteiger partial charge in [-0.25, -0.2) is 4.98 Å². The van der Waals surface area contributed by atoms with Crippen LogP contribution in [0.2, 0.25) is 0 Å². The molecule has 1 saturated heterocycles. The molecule has 24 heavy (non-hydrogen) atoms. The van der Waals surface area contributed by atoms with Crippen LogP contribution in [0.4, 0.5) is 0 Å². The van der Waals surface area contributed by atoms with E-state index >= 15 is 0 Å². The number of nitrogens with zero attached hydrogens (tertiary/aromatic N) is 2. The maximum atomic E-state index is 12.1. The maximum absolute atomic E-state index is 12.1. The number of aryl methyl sites for hydroxylation is 1. The molecule has 1 fully saturated rings. The number of carbonyl (C=O) groups is 2. The quantitative estimate of drug-likeness (QED) is 0.825. The Kier molecular flexibility index (Phi) is 4.96. The molecule has 0 bridgehead atoms. The molecule has 2 aromatic heterocycles. The third kappa shape index (κ3) is 3.65. The third-order valence-corrected chi connectivity index (χ3v) is 4.80. The second kappa shape index (κ2) is 7.14. The number of esters is 1. The van der Waals surface area contributed by atoms with Gasteiger partial charge in [-0.05, 0) is 19.1 Å². The summed E-state index contributed by atoms with van der Waals surface area (Å²) in [7, 11) is 1.32. The molecule has 3 rings (SSSR count). The highest BCUT2D eigenvalue weighted by Gasteiger charge is 2.32. The molecule has 1 atom stereocenters. The minimum atomic E-state index is -0.526. The van der Waals surface area contributed by atoms with Gasteiger partial charge in [0.1, 0.15) is 11.8 Å². The van der Waals surface area contributed by atoms with Crippen molar-refractivity contribution in [1.82, 2.24) is 15.2 Å². The largest absolute Gasteiger partial charge is 0.469 e. The van der Waals surface area contributed by atoms with Crippen LogP contribution >= 0.6 is 11.3 Å². The molecule has 0 saturated carbocycles. The van der Waals surface area contributed by atoms with Crippen LogP contribution in [0.3, 0.4) is 0 Å². The molecule has 1 amide bonds. The molecule has 128 valence electrons. The van der Waals surface area contributed by atoms with Gasteiger partial charge in [0.2, 0.25) is 5.91 Å². The van der Waals surface area contributed by atoms with Crippen LogP contribution in [-0.4, -0.2) is 48.0 Å². The van der Waals surface area contributed by atoms with Crippen molar-refractivity contribution < 1.29 is 18.7 Å². The molecule has 3 heterocycles. The lowest BCUT2D eigenvalue weighted by molar-refractivity contribution is -0.146. The molecule has 1 aliphatic rings. The van der Waals surface area contributed by atoms with Gasteiger partial charge in [0.15, 0.2) is 10.8 Å². The normalized spacial score (nSPS) is 18.4. The second-order valence-electron chi connectivity index (χ2n) is 5.61. The Balaban J connectivity index is 1.72. The van der Waals surface area contributed by atoms with E-state index in [1.165, 1.54) is 18.4 Å². The van der Waals surface area contributed by atoms with E-state index in [0.717, 1.165) is 22.2 Å². The van der Waals surface area contributed by atoms with Crippen molar-refractivity contribution in [2.45, 2.75) is 25.9 Å². The molecule has 1 N–H and O–H groups in total. The van der Waals surface area contributed by atoms with Crippen LogP contribution in [0.15, 0.2) is 21.9 Å². The Bertz CT molecular complexity index is 739. The van der Waals surface area contributed by atoms with Crippen LogP contribution in [-0.2, 0) is 20.9 Å². The highest BCUT2D eigenvalue weighted by molar-refractivity contribution is 7.13. The average molecular weight is 349 g/mol. The molecule has 0 aliphatic carbocycles. The lowest BCUT2D eigenvalue weighted by Crippen LogP contribution is -2.55. The van der Waals surface area contributed by atoms with E-state index in [1.807, 2.05) is 29.3 Å². The molecule has 0 aromatic carbocycles. The third-order valence-electron chi connectivity index (χ3n) is 3.90.